The molecule has 4 heteroatoms. The van der Waals surface area contributed by atoms with Crippen LogP contribution in [-0.4, -0.2) is 16.6 Å². The van der Waals surface area contributed by atoms with Crippen LogP contribution in [0, 0.1) is 5.92 Å². The summed E-state index contributed by atoms with van der Waals surface area (Å²) in [5, 5.41) is 0.172. The molecule has 0 N–H and O–H groups in total. The van der Waals surface area contributed by atoms with Crippen molar-refractivity contribution in [3.63, 3.8) is 0 Å². The number of allylic oxidation sites excluding steroid dienone is 1. The number of hydrogen-bond donors (Lipinski definition) is 0. The maximum absolute atomic E-state index is 6.98. The van der Waals surface area contributed by atoms with Crippen LogP contribution in [0.1, 0.15) is 67.1 Å². The Morgan fingerprint density at radius 3 is 1.89 bits per heavy atom. The first kappa shape index (κ1) is 25.2. The lowest BCUT2D eigenvalue weighted by atomic mass is 9.95. The molecule has 2 atom stereocenters. The molecule has 1 rings (SSSR count). The Morgan fingerprint density at radius 1 is 1.00 bits per heavy atom. The highest BCUT2D eigenvalue weighted by Gasteiger charge is 2.42. The summed E-state index contributed by atoms with van der Waals surface area (Å²) in [6.07, 6.45) is 2.20. The maximum Gasteiger partial charge on any atom is 0.250 e. The van der Waals surface area contributed by atoms with Crippen LogP contribution in [0.2, 0.25) is 36.3 Å². The molecule has 1 unspecified atom stereocenters. The molecular formula is C24H44O2Si2. The molecule has 0 saturated heterocycles. The average molecular weight is 421 g/mol. The summed E-state index contributed by atoms with van der Waals surface area (Å²) in [4.78, 5) is 0. The minimum absolute atomic E-state index is 0.0190. The third-order valence-corrected chi connectivity index (χ3v) is 15.8. The van der Waals surface area contributed by atoms with Gasteiger partial charge in [-0.15, -0.1) is 0 Å². The van der Waals surface area contributed by atoms with Gasteiger partial charge >= 0.3 is 0 Å². The van der Waals surface area contributed by atoms with Crippen molar-refractivity contribution >= 4 is 16.6 Å². The molecule has 0 aliphatic heterocycles. The van der Waals surface area contributed by atoms with Crippen molar-refractivity contribution in [2.45, 2.75) is 97.8 Å². The zero-order valence-electron chi connectivity index (χ0n) is 20.1. The van der Waals surface area contributed by atoms with Crippen LogP contribution in [0.5, 0.6) is 0 Å². The summed E-state index contributed by atoms with van der Waals surface area (Å²) in [6.45, 7) is 22.9. The van der Waals surface area contributed by atoms with E-state index in [0.717, 1.165) is 23.9 Å². The number of benzene rings is 1. The zero-order valence-corrected chi connectivity index (χ0v) is 22.1. The van der Waals surface area contributed by atoms with E-state index in [1.54, 1.807) is 0 Å². The van der Waals surface area contributed by atoms with E-state index in [0.29, 0.717) is 0 Å². The molecule has 0 aromatic heterocycles. The number of hydrogen-bond acceptors (Lipinski definition) is 2. The molecule has 0 saturated carbocycles. The van der Waals surface area contributed by atoms with Crippen LogP contribution in [0.4, 0.5) is 0 Å². The normalized spacial score (nSPS) is 16.0. The van der Waals surface area contributed by atoms with Crippen LogP contribution < -0.4 is 0 Å². The van der Waals surface area contributed by atoms with Crippen molar-refractivity contribution in [2.75, 3.05) is 0 Å². The highest BCUT2D eigenvalue weighted by atomic mass is 28.4. The second kappa shape index (κ2) is 10.3. The highest BCUT2D eigenvalue weighted by molar-refractivity contribution is 6.74. The Morgan fingerprint density at radius 2 is 1.50 bits per heavy atom. The van der Waals surface area contributed by atoms with Crippen LogP contribution in [0.15, 0.2) is 42.2 Å². The first-order valence-corrected chi connectivity index (χ1v) is 16.5. The second-order valence-electron chi connectivity index (χ2n) is 9.53. The summed E-state index contributed by atoms with van der Waals surface area (Å²) >= 11 is 0. The average Bonchev–Trinajstić information content (AvgIpc) is 2.67. The summed E-state index contributed by atoms with van der Waals surface area (Å²) in [5.41, 5.74) is 1.25. The minimum Gasteiger partial charge on any atom is -0.546 e. The monoisotopic (exact) mass is 420 g/mol. The van der Waals surface area contributed by atoms with Crippen molar-refractivity contribution in [1.29, 1.82) is 0 Å². The van der Waals surface area contributed by atoms with E-state index in [1.165, 1.54) is 5.56 Å². The number of rotatable bonds is 10. The fourth-order valence-electron chi connectivity index (χ4n) is 3.38. The molecular weight excluding hydrogens is 376 g/mol. The van der Waals surface area contributed by atoms with E-state index in [2.05, 4.69) is 105 Å². The van der Waals surface area contributed by atoms with Gasteiger partial charge in [0.1, 0.15) is 0 Å². The van der Waals surface area contributed by atoms with Gasteiger partial charge in [-0.3, -0.25) is 0 Å². The molecule has 0 radical (unpaired) electrons. The van der Waals surface area contributed by atoms with E-state index in [9.17, 15) is 0 Å². The topological polar surface area (TPSA) is 18.5 Å². The van der Waals surface area contributed by atoms with Crippen LogP contribution in [0.25, 0.3) is 0 Å². The van der Waals surface area contributed by atoms with Gasteiger partial charge in [-0.1, -0.05) is 84.9 Å². The first-order chi connectivity index (χ1) is 13.0. The molecule has 1 aromatic rings. The predicted molar refractivity (Wildman–Crippen MR) is 129 cm³/mol. The lowest BCUT2D eigenvalue weighted by Gasteiger charge is -2.42. The Labute approximate surface area is 177 Å². The molecule has 0 aliphatic rings. The van der Waals surface area contributed by atoms with Gasteiger partial charge in [0.15, 0.2) is 8.32 Å². The molecule has 0 fully saturated rings. The van der Waals surface area contributed by atoms with Gasteiger partial charge in [0.25, 0.3) is 0 Å². The lowest BCUT2D eigenvalue weighted by molar-refractivity contribution is 0.120. The van der Waals surface area contributed by atoms with E-state index in [1.807, 2.05) is 0 Å². The fraction of sp³-hybridized carbons (Fsp3) is 0.667. The van der Waals surface area contributed by atoms with E-state index in [-0.39, 0.29) is 17.1 Å². The van der Waals surface area contributed by atoms with Crippen LogP contribution in [0.3, 0.4) is 0 Å². The van der Waals surface area contributed by atoms with E-state index >= 15 is 0 Å². The second-order valence-corrected chi connectivity index (χ2v) is 19.0. The molecule has 160 valence electrons. The molecule has 0 amide bonds. The van der Waals surface area contributed by atoms with Gasteiger partial charge in [-0.25, -0.2) is 0 Å². The van der Waals surface area contributed by atoms with Crippen LogP contribution >= 0.6 is 0 Å². The van der Waals surface area contributed by atoms with Gasteiger partial charge in [-0.05, 0) is 48.8 Å². The lowest BCUT2D eigenvalue weighted by Crippen LogP contribution is -2.43. The summed E-state index contributed by atoms with van der Waals surface area (Å²) < 4.78 is 13.8. The molecule has 0 bridgehead atoms. The molecule has 2 nitrogen and oxygen atoms in total. The summed E-state index contributed by atoms with van der Waals surface area (Å²) in [7, 11) is -3.65. The van der Waals surface area contributed by atoms with Gasteiger partial charge < -0.3 is 8.85 Å². The first-order valence-electron chi connectivity index (χ1n) is 11.0. The van der Waals surface area contributed by atoms with E-state index < -0.39 is 16.6 Å². The van der Waals surface area contributed by atoms with Gasteiger partial charge in [0.2, 0.25) is 8.32 Å². The maximum atomic E-state index is 6.98. The minimum atomic E-state index is -1.93. The van der Waals surface area contributed by atoms with Gasteiger partial charge in [0.05, 0.1) is 11.9 Å². The summed E-state index contributed by atoms with van der Waals surface area (Å²) in [6, 6.07) is 14.2. The smallest absolute Gasteiger partial charge is 0.250 e. The molecule has 28 heavy (non-hydrogen) atoms. The SMILES string of the molecule is C/C=C(\O[Si](CC)(CC)CC)[C@H](C)C(O[Si](C)(C)C(C)(C)C)c1ccccc1. The molecule has 0 aliphatic carbocycles. The van der Waals surface area contributed by atoms with Crippen molar-refractivity contribution in [3.8, 4) is 0 Å². The predicted octanol–water partition coefficient (Wildman–Crippen LogP) is 8.31. The largest absolute Gasteiger partial charge is 0.546 e. The van der Waals surface area contributed by atoms with E-state index in [4.69, 9.17) is 8.85 Å². The Bertz CT molecular complexity index is 605. The zero-order chi connectivity index (χ0) is 21.6. The van der Waals surface area contributed by atoms with Crippen molar-refractivity contribution < 1.29 is 8.85 Å². The van der Waals surface area contributed by atoms with Crippen LogP contribution in [-0.2, 0) is 8.85 Å². The third-order valence-electron chi connectivity index (χ3n) is 6.81. The standard InChI is InChI=1S/C24H44O2Si2/c1-11-22(25-28(12-2,13-3)14-4)20(5)23(21-18-16-15-17-19-21)26-27(9,10)24(6,7)8/h11,15-20,23H,12-14H2,1-10H3/b22-11-/t20-,23?/m0/s1. The quantitative estimate of drug-likeness (QED) is 0.280. The molecule has 0 spiro atoms. The van der Waals surface area contributed by atoms with Crippen molar-refractivity contribution in [2.24, 2.45) is 5.92 Å². The van der Waals surface area contributed by atoms with Crippen molar-refractivity contribution in [3.05, 3.63) is 47.7 Å². The van der Waals surface area contributed by atoms with Gasteiger partial charge in [-0.2, -0.15) is 0 Å². The Hall–Kier alpha value is -0.846. The molecule has 1 aromatic carbocycles. The highest BCUT2D eigenvalue weighted by Crippen LogP contribution is 2.43. The van der Waals surface area contributed by atoms with Gasteiger partial charge in [0, 0.05) is 5.92 Å². The summed E-state index contributed by atoms with van der Waals surface area (Å²) in [5.74, 6) is 1.31. The molecule has 0 heterocycles. The Balaban J connectivity index is 3.29. The Kier molecular flexibility index (Phi) is 9.23. The third kappa shape index (κ3) is 6.07. The van der Waals surface area contributed by atoms with Crippen molar-refractivity contribution in [1.82, 2.24) is 0 Å². The fourth-order valence-corrected chi connectivity index (χ4v) is 7.44.